The lowest BCUT2D eigenvalue weighted by atomic mass is 9.80. The molecule has 5 nitrogen and oxygen atoms in total. The summed E-state index contributed by atoms with van der Waals surface area (Å²) in [6.45, 7) is 0. The van der Waals surface area contributed by atoms with E-state index >= 15 is 0 Å². The summed E-state index contributed by atoms with van der Waals surface area (Å²) >= 11 is 0. The van der Waals surface area contributed by atoms with E-state index in [9.17, 15) is 8.78 Å². The molecule has 112 valence electrons. The Morgan fingerprint density at radius 2 is 2.14 bits per heavy atom. The Kier molecular flexibility index (Phi) is 2.83. The summed E-state index contributed by atoms with van der Waals surface area (Å²) in [7, 11) is 0. The van der Waals surface area contributed by atoms with Gasteiger partial charge in [-0.2, -0.15) is 4.98 Å². The largest absolute Gasteiger partial charge is 0.339 e. The molecule has 0 saturated heterocycles. The van der Waals surface area contributed by atoms with Crippen molar-refractivity contribution in [3.63, 3.8) is 0 Å². The van der Waals surface area contributed by atoms with Crippen LogP contribution in [-0.4, -0.2) is 25.6 Å². The van der Waals surface area contributed by atoms with E-state index < -0.39 is 5.92 Å². The summed E-state index contributed by atoms with van der Waals surface area (Å²) < 4.78 is 33.8. The molecular weight excluding hydrogens is 278 g/mol. The first-order chi connectivity index (χ1) is 10.1. The minimum absolute atomic E-state index is 0.0757. The maximum Gasteiger partial charge on any atom is 0.248 e. The van der Waals surface area contributed by atoms with Crippen molar-refractivity contribution < 1.29 is 13.3 Å². The minimum atomic E-state index is -2.57. The predicted molar refractivity (Wildman–Crippen MR) is 69.1 cm³/mol. The van der Waals surface area contributed by atoms with E-state index in [4.69, 9.17) is 4.52 Å². The smallest absolute Gasteiger partial charge is 0.248 e. The third kappa shape index (κ3) is 2.34. The lowest BCUT2D eigenvalue weighted by Crippen LogP contribution is -2.24. The van der Waals surface area contributed by atoms with Crippen LogP contribution < -0.4 is 0 Å². The van der Waals surface area contributed by atoms with Crippen LogP contribution in [0, 0.1) is 0 Å². The summed E-state index contributed by atoms with van der Waals surface area (Å²) in [6, 6.07) is 0.420. The summed E-state index contributed by atoms with van der Waals surface area (Å²) in [5.41, 5.74) is 0. The number of imidazole rings is 1. The average Bonchev–Trinajstić information content (AvgIpc) is 3.07. The third-order valence-corrected chi connectivity index (χ3v) is 4.64. The van der Waals surface area contributed by atoms with Crippen LogP contribution in [0.5, 0.6) is 0 Å². The van der Waals surface area contributed by atoms with E-state index in [1.165, 1.54) is 0 Å². The van der Waals surface area contributed by atoms with Gasteiger partial charge in [0.25, 0.3) is 0 Å². The Hall–Kier alpha value is -1.79. The van der Waals surface area contributed by atoms with Crippen LogP contribution in [0.3, 0.4) is 0 Å². The van der Waals surface area contributed by atoms with Gasteiger partial charge in [0.15, 0.2) is 5.82 Å². The number of hydrogen-bond donors (Lipinski definition) is 0. The normalized spacial score (nSPS) is 31.2. The molecule has 1 atom stereocenters. The van der Waals surface area contributed by atoms with Crippen LogP contribution >= 0.6 is 0 Å². The van der Waals surface area contributed by atoms with Crippen molar-refractivity contribution in [2.24, 2.45) is 0 Å². The van der Waals surface area contributed by atoms with E-state index in [1.54, 1.807) is 12.5 Å². The van der Waals surface area contributed by atoms with E-state index in [2.05, 4.69) is 19.7 Å². The summed E-state index contributed by atoms with van der Waals surface area (Å²) in [4.78, 5) is 8.39. The standard InChI is InChI=1S/C14H16F2N4O/c15-14(16)2-1-9(7-14)12-18-13(21-19-12)10-5-11(6-10)20-4-3-17-8-20/h3-4,8-11H,1-2,5-7H2. The molecule has 0 spiro atoms. The van der Waals surface area contributed by atoms with E-state index in [0.29, 0.717) is 24.2 Å². The molecule has 0 N–H and O–H groups in total. The topological polar surface area (TPSA) is 56.7 Å². The second-order valence-electron chi connectivity index (χ2n) is 6.12. The minimum Gasteiger partial charge on any atom is -0.339 e. The van der Waals surface area contributed by atoms with Crippen molar-refractivity contribution >= 4 is 0 Å². The number of hydrogen-bond acceptors (Lipinski definition) is 4. The number of nitrogens with zero attached hydrogens (tertiary/aromatic N) is 4. The Labute approximate surface area is 120 Å². The van der Waals surface area contributed by atoms with Gasteiger partial charge < -0.3 is 9.09 Å². The molecule has 2 aliphatic rings. The lowest BCUT2D eigenvalue weighted by Gasteiger charge is -2.33. The first-order valence-corrected chi connectivity index (χ1v) is 7.29. The molecule has 4 rings (SSSR count). The van der Waals surface area contributed by atoms with Crippen molar-refractivity contribution in [3.05, 3.63) is 30.4 Å². The fraction of sp³-hybridized carbons (Fsp3) is 0.643. The van der Waals surface area contributed by atoms with Gasteiger partial charge in [-0.3, -0.25) is 0 Å². The molecule has 0 aromatic carbocycles. The molecule has 0 amide bonds. The van der Waals surface area contributed by atoms with Gasteiger partial charge in [-0.15, -0.1) is 0 Å². The lowest BCUT2D eigenvalue weighted by molar-refractivity contribution is 0.00749. The Balaban J connectivity index is 1.40. The molecular formula is C14H16F2N4O. The Morgan fingerprint density at radius 1 is 1.29 bits per heavy atom. The van der Waals surface area contributed by atoms with Gasteiger partial charge in [0.2, 0.25) is 11.8 Å². The SMILES string of the molecule is FC1(F)CCC(c2noc(C3CC(n4ccnc4)C3)n2)C1. The van der Waals surface area contributed by atoms with Crippen LogP contribution in [0.2, 0.25) is 0 Å². The van der Waals surface area contributed by atoms with Gasteiger partial charge in [0.1, 0.15) is 0 Å². The second-order valence-corrected chi connectivity index (χ2v) is 6.12. The average molecular weight is 294 g/mol. The monoisotopic (exact) mass is 294 g/mol. The zero-order valence-electron chi connectivity index (χ0n) is 11.5. The van der Waals surface area contributed by atoms with Crippen molar-refractivity contribution in [3.8, 4) is 0 Å². The van der Waals surface area contributed by atoms with Crippen LogP contribution in [0.15, 0.2) is 23.2 Å². The highest BCUT2D eigenvalue weighted by Gasteiger charge is 2.42. The predicted octanol–water partition coefficient (Wildman–Crippen LogP) is 3.29. The van der Waals surface area contributed by atoms with Crippen LogP contribution in [0.25, 0.3) is 0 Å². The summed E-state index contributed by atoms with van der Waals surface area (Å²) in [5, 5.41) is 3.92. The van der Waals surface area contributed by atoms with E-state index in [-0.39, 0.29) is 24.7 Å². The fourth-order valence-electron chi connectivity index (χ4n) is 3.27. The highest BCUT2D eigenvalue weighted by molar-refractivity contribution is 5.07. The third-order valence-electron chi connectivity index (χ3n) is 4.64. The molecule has 2 aromatic heterocycles. The molecule has 2 fully saturated rings. The summed E-state index contributed by atoms with van der Waals surface area (Å²) in [6.07, 6.45) is 7.58. The van der Waals surface area contributed by atoms with Gasteiger partial charge in [-0.05, 0) is 19.3 Å². The summed E-state index contributed by atoms with van der Waals surface area (Å²) in [5.74, 6) is -1.55. The first kappa shape index (κ1) is 12.9. The highest BCUT2D eigenvalue weighted by Crippen LogP contribution is 2.46. The molecule has 1 unspecified atom stereocenters. The maximum absolute atomic E-state index is 13.2. The Morgan fingerprint density at radius 3 is 2.81 bits per heavy atom. The van der Waals surface area contributed by atoms with Crippen LogP contribution in [0.1, 0.15) is 61.7 Å². The second kappa shape index (κ2) is 4.61. The number of rotatable bonds is 3. The number of halogens is 2. The van der Waals surface area contributed by atoms with E-state index in [0.717, 1.165) is 12.8 Å². The molecule has 7 heteroatoms. The fourth-order valence-corrected chi connectivity index (χ4v) is 3.27. The maximum atomic E-state index is 13.2. The first-order valence-electron chi connectivity index (χ1n) is 7.29. The number of aromatic nitrogens is 4. The Bertz CT molecular complexity index is 619. The quantitative estimate of drug-likeness (QED) is 0.871. The van der Waals surface area contributed by atoms with E-state index in [1.807, 2.05) is 6.20 Å². The van der Waals surface area contributed by atoms with Gasteiger partial charge >= 0.3 is 0 Å². The number of alkyl halides is 2. The molecule has 21 heavy (non-hydrogen) atoms. The van der Waals surface area contributed by atoms with Crippen molar-refractivity contribution in [1.82, 2.24) is 19.7 Å². The van der Waals surface area contributed by atoms with Gasteiger partial charge in [-0.1, -0.05) is 5.16 Å². The molecule has 0 aliphatic heterocycles. The van der Waals surface area contributed by atoms with Crippen LogP contribution in [-0.2, 0) is 0 Å². The zero-order valence-corrected chi connectivity index (χ0v) is 11.5. The van der Waals surface area contributed by atoms with Gasteiger partial charge in [0, 0.05) is 43.1 Å². The zero-order chi connectivity index (χ0) is 14.4. The van der Waals surface area contributed by atoms with Crippen LogP contribution in [0.4, 0.5) is 8.78 Å². The molecule has 0 bridgehead atoms. The van der Waals surface area contributed by atoms with Crippen molar-refractivity contribution in [2.45, 2.75) is 55.9 Å². The molecule has 2 heterocycles. The highest BCUT2D eigenvalue weighted by atomic mass is 19.3. The van der Waals surface area contributed by atoms with Crippen molar-refractivity contribution in [2.75, 3.05) is 0 Å². The molecule has 2 saturated carbocycles. The van der Waals surface area contributed by atoms with Gasteiger partial charge in [0.05, 0.1) is 6.33 Å². The van der Waals surface area contributed by atoms with Crippen molar-refractivity contribution in [1.29, 1.82) is 0 Å². The molecule has 2 aliphatic carbocycles. The molecule has 0 radical (unpaired) electrons. The van der Waals surface area contributed by atoms with Gasteiger partial charge in [-0.25, -0.2) is 13.8 Å². The molecule has 2 aromatic rings.